The van der Waals surface area contributed by atoms with E-state index in [-0.39, 0.29) is 0 Å². The molecule has 1 aliphatic rings. The SMILES string of the molecule is C=CCOc1nc(NCCC)nc(N2CCCC2)n1. The lowest BCUT2D eigenvalue weighted by Gasteiger charge is -2.16. The lowest BCUT2D eigenvalue weighted by molar-refractivity contribution is 0.332. The molecule has 0 atom stereocenters. The summed E-state index contributed by atoms with van der Waals surface area (Å²) in [4.78, 5) is 15.2. The van der Waals surface area contributed by atoms with Gasteiger partial charge in [0, 0.05) is 19.6 Å². The van der Waals surface area contributed by atoms with Gasteiger partial charge in [0.05, 0.1) is 0 Å². The van der Waals surface area contributed by atoms with Crippen LogP contribution in [0.15, 0.2) is 12.7 Å². The summed E-state index contributed by atoms with van der Waals surface area (Å²) >= 11 is 0. The Morgan fingerprint density at radius 2 is 2.11 bits per heavy atom. The largest absolute Gasteiger partial charge is 0.459 e. The van der Waals surface area contributed by atoms with Gasteiger partial charge in [0.15, 0.2) is 0 Å². The lowest BCUT2D eigenvalue weighted by atomic mass is 10.4. The Morgan fingerprint density at radius 3 is 2.79 bits per heavy atom. The van der Waals surface area contributed by atoms with Crippen molar-refractivity contribution in [2.24, 2.45) is 0 Å². The molecule has 0 spiro atoms. The van der Waals surface area contributed by atoms with Crippen molar-refractivity contribution in [1.29, 1.82) is 0 Å². The topological polar surface area (TPSA) is 63.2 Å². The van der Waals surface area contributed by atoms with Gasteiger partial charge >= 0.3 is 6.01 Å². The first-order chi connectivity index (χ1) is 9.33. The summed E-state index contributed by atoms with van der Waals surface area (Å²) in [6.07, 6.45) is 5.07. The molecule has 1 N–H and O–H groups in total. The first-order valence-electron chi connectivity index (χ1n) is 6.82. The molecular weight excluding hydrogens is 242 g/mol. The average Bonchev–Trinajstić information content (AvgIpc) is 2.97. The fourth-order valence-electron chi connectivity index (χ4n) is 1.92. The van der Waals surface area contributed by atoms with Gasteiger partial charge in [-0.25, -0.2) is 0 Å². The van der Waals surface area contributed by atoms with Crippen LogP contribution in [0, 0.1) is 0 Å². The highest BCUT2D eigenvalue weighted by atomic mass is 16.5. The molecule has 0 radical (unpaired) electrons. The van der Waals surface area contributed by atoms with Crippen LogP contribution in [-0.4, -0.2) is 41.2 Å². The van der Waals surface area contributed by atoms with Crippen LogP contribution in [0.1, 0.15) is 26.2 Å². The first kappa shape index (κ1) is 13.6. The zero-order valence-corrected chi connectivity index (χ0v) is 11.4. The number of hydrogen-bond donors (Lipinski definition) is 1. The Balaban J connectivity index is 2.16. The molecule has 19 heavy (non-hydrogen) atoms. The maximum Gasteiger partial charge on any atom is 0.323 e. The van der Waals surface area contributed by atoms with Gasteiger partial charge in [-0.1, -0.05) is 19.6 Å². The van der Waals surface area contributed by atoms with Crippen LogP contribution in [0.2, 0.25) is 0 Å². The van der Waals surface area contributed by atoms with Gasteiger partial charge in [-0.05, 0) is 19.3 Å². The molecule has 2 heterocycles. The average molecular weight is 263 g/mol. The van der Waals surface area contributed by atoms with Gasteiger partial charge in [0.25, 0.3) is 0 Å². The van der Waals surface area contributed by atoms with Crippen LogP contribution in [0.25, 0.3) is 0 Å². The second kappa shape index (κ2) is 6.92. The molecule has 0 amide bonds. The smallest absolute Gasteiger partial charge is 0.323 e. The zero-order chi connectivity index (χ0) is 13.5. The Hall–Kier alpha value is -1.85. The van der Waals surface area contributed by atoms with Gasteiger partial charge < -0.3 is 15.0 Å². The molecule has 104 valence electrons. The van der Waals surface area contributed by atoms with Crippen molar-refractivity contribution in [2.45, 2.75) is 26.2 Å². The summed E-state index contributed by atoms with van der Waals surface area (Å²) in [6, 6.07) is 0.357. The number of nitrogens with one attached hydrogen (secondary N) is 1. The van der Waals surface area contributed by atoms with Crippen molar-refractivity contribution in [3.05, 3.63) is 12.7 Å². The summed E-state index contributed by atoms with van der Waals surface area (Å²) in [5, 5.41) is 3.18. The van der Waals surface area contributed by atoms with Gasteiger partial charge in [0.1, 0.15) is 6.61 Å². The van der Waals surface area contributed by atoms with Crippen molar-refractivity contribution < 1.29 is 4.74 Å². The van der Waals surface area contributed by atoms with Crippen molar-refractivity contribution in [3.63, 3.8) is 0 Å². The molecule has 1 fully saturated rings. The fourth-order valence-corrected chi connectivity index (χ4v) is 1.92. The number of nitrogens with zero attached hydrogens (tertiary/aromatic N) is 4. The normalized spacial score (nSPS) is 14.5. The maximum absolute atomic E-state index is 5.43. The number of hydrogen-bond acceptors (Lipinski definition) is 6. The van der Waals surface area contributed by atoms with Gasteiger partial charge in [0.2, 0.25) is 11.9 Å². The molecule has 0 aromatic carbocycles. The van der Waals surface area contributed by atoms with Crippen molar-refractivity contribution in [1.82, 2.24) is 15.0 Å². The number of rotatable bonds is 7. The second-order valence-electron chi connectivity index (χ2n) is 4.46. The third-order valence-electron chi connectivity index (χ3n) is 2.86. The Bertz CT molecular complexity index is 417. The molecule has 0 unspecified atom stereocenters. The van der Waals surface area contributed by atoms with Crippen molar-refractivity contribution >= 4 is 11.9 Å². The molecular formula is C13H21N5O. The molecule has 1 aromatic rings. The Morgan fingerprint density at radius 1 is 1.32 bits per heavy atom. The van der Waals surface area contributed by atoms with Crippen LogP contribution in [0.5, 0.6) is 6.01 Å². The minimum Gasteiger partial charge on any atom is -0.459 e. The minimum absolute atomic E-state index is 0.357. The van der Waals surface area contributed by atoms with Crippen LogP contribution < -0.4 is 15.0 Å². The molecule has 1 aliphatic heterocycles. The van der Waals surface area contributed by atoms with Crippen LogP contribution in [-0.2, 0) is 0 Å². The Kier molecular flexibility index (Phi) is 4.94. The first-order valence-corrected chi connectivity index (χ1v) is 6.82. The predicted molar refractivity (Wildman–Crippen MR) is 75.7 cm³/mol. The molecule has 2 rings (SSSR count). The van der Waals surface area contributed by atoms with E-state index in [1.54, 1.807) is 6.08 Å². The van der Waals surface area contributed by atoms with Crippen LogP contribution >= 0.6 is 0 Å². The Labute approximate surface area is 113 Å². The molecule has 6 nitrogen and oxygen atoms in total. The fraction of sp³-hybridized carbons (Fsp3) is 0.615. The standard InChI is InChI=1S/C13H21N5O/c1-3-7-14-11-15-12(18-8-5-6-9-18)17-13(16-11)19-10-4-2/h4H,2-3,5-10H2,1H3,(H,14,15,16,17). The monoisotopic (exact) mass is 263 g/mol. The van der Waals surface area contributed by atoms with Gasteiger partial charge in [-0.3, -0.25) is 0 Å². The second-order valence-corrected chi connectivity index (χ2v) is 4.46. The molecule has 0 aliphatic carbocycles. The van der Waals surface area contributed by atoms with Crippen LogP contribution in [0.3, 0.4) is 0 Å². The highest BCUT2D eigenvalue weighted by molar-refractivity contribution is 5.39. The molecule has 1 aromatic heterocycles. The van der Waals surface area contributed by atoms with Crippen LogP contribution in [0.4, 0.5) is 11.9 Å². The van der Waals surface area contributed by atoms with E-state index in [0.29, 0.717) is 24.5 Å². The van der Waals surface area contributed by atoms with Gasteiger partial charge in [-0.15, -0.1) is 0 Å². The summed E-state index contributed by atoms with van der Waals surface area (Å²) in [5.74, 6) is 1.28. The molecule has 0 bridgehead atoms. The summed E-state index contributed by atoms with van der Waals surface area (Å²) < 4.78 is 5.43. The number of anilines is 2. The minimum atomic E-state index is 0.357. The van der Waals surface area contributed by atoms with Gasteiger partial charge in [-0.2, -0.15) is 15.0 Å². The lowest BCUT2D eigenvalue weighted by Crippen LogP contribution is -2.22. The third-order valence-corrected chi connectivity index (χ3v) is 2.86. The molecule has 6 heteroatoms. The van der Waals surface area contributed by atoms with Crippen molar-refractivity contribution in [2.75, 3.05) is 36.5 Å². The van der Waals surface area contributed by atoms with E-state index in [2.05, 4.69) is 38.7 Å². The van der Waals surface area contributed by atoms with E-state index < -0.39 is 0 Å². The number of aromatic nitrogens is 3. The summed E-state index contributed by atoms with van der Waals surface area (Å²) in [6.45, 7) is 8.96. The van der Waals surface area contributed by atoms with E-state index in [0.717, 1.165) is 26.1 Å². The van der Waals surface area contributed by atoms with E-state index >= 15 is 0 Å². The summed E-state index contributed by atoms with van der Waals surface area (Å²) in [5.41, 5.74) is 0. The van der Waals surface area contributed by atoms with E-state index in [4.69, 9.17) is 4.74 Å². The van der Waals surface area contributed by atoms with E-state index in [1.807, 2.05) is 0 Å². The number of ether oxygens (including phenoxy) is 1. The van der Waals surface area contributed by atoms with Crippen molar-refractivity contribution in [3.8, 4) is 6.01 Å². The maximum atomic E-state index is 5.43. The summed E-state index contributed by atoms with van der Waals surface area (Å²) in [7, 11) is 0. The third kappa shape index (κ3) is 3.81. The molecule has 1 saturated heterocycles. The quantitative estimate of drug-likeness (QED) is 0.758. The molecule has 0 saturated carbocycles. The highest BCUT2D eigenvalue weighted by Gasteiger charge is 2.17. The highest BCUT2D eigenvalue weighted by Crippen LogP contribution is 2.19. The van der Waals surface area contributed by atoms with E-state index in [9.17, 15) is 0 Å². The zero-order valence-electron chi connectivity index (χ0n) is 11.4. The van der Waals surface area contributed by atoms with E-state index in [1.165, 1.54) is 12.8 Å². The predicted octanol–water partition coefficient (Wildman–Crippen LogP) is 1.86.